The van der Waals surface area contributed by atoms with E-state index in [0.29, 0.717) is 25.3 Å². The van der Waals surface area contributed by atoms with Crippen LogP contribution in [-0.2, 0) is 4.79 Å². The van der Waals surface area contributed by atoms with E-state index in [9.17, 15) is 14.9 Å². The molecule has 10 nitrogen and oxygen atoms in total. The predicted octanol–water partition coefficient (Wildman–Crippen LogP) is -0.605. The lowest BCUT2D eigenvalue weighted by molar-refractivity contribution is -0.383. The molecule has 0 spiro atoms. The summed E-state index contributed by atoms with van der Waals surface area (Å²) < 4.78 is 4.62. The lowest BCUT2D eigenvalue weighted by Gasteiger charge is -2.35. The molecule has 1 atom stereocenters. The fourth-order valence-electron chi connectivity index (χ4n) is 2.47. The molecule has 3 rings (SSSR count). The number of nitrogens with two attached hydrogens (primary N) is 1. The minimum absolute atomic E-state index is 0.0549. The number of nitro groups is 1. The molecule has 21 heavy (non-hydrogen) atoms. The highest BCUT2D eigenvalue weighted by molar-refractivity contribution is 5.96. The van der Waals surface area contributed by atoms with Crippen molar-refractivity contribution in [1.82, 2.24) is 15.6 Å². The van der Waals surface area contributed by atoms with E-state index >= 15 is 0 Å². The van der Waals surface area contributed by atoms with Crippen LogP contribution in [0.25, 0.3) is 11.0 Å². The maximum Gasteiger partial charge on any atom is 0.300 e. The molecular formula is C11H12N6O4. The quantitative estimate of drug-likeness (QED) is 0.564. The van der Waals surface area contributed by atoms with Crippen LogP contribution in [0.4, 0.5) is 11.4 Å². The van der Waals surface area contributed by atoms with Gasteiger partial charge >= 0.3 is 5.69 Å². The van der Waals surface area contributed by atoms with E-state index in [4.69, 9.17) is 5.73 Å². The van der Waals surface area contributed by atoms with Crippen molar-refractivity contribution >= 4 is 28.3 Å². The van der Waals surface area contributed by atoms with E-state index in [1.165, 1.54) is 12.1 Å². The van der Waals surface area contributed by atoms with Crippen molar-refractivity contribution in [3.05, 3.63) is 22.2 Å². The third-order valence-electron chi connectivity index (χ3n) is 3.45. The Morgan fingerprint density at radius 1 is 1.48 bits per heavy atom. The Labute approximate surface area is 118 Å². The number of benzene rings is 1. The molecule has 1 fully saturated rings. The summed E-state index contributed by atoms with van der Waals surface area (Å²) >= 11 is 0. The molecule has 2 aromatic rings. The van der Waals surface area contributed by atoms with E-state index in [1.54, 1.807) is 4.90 Å². The maximum atomic E-state index is 11.6. The van der Waals surface area contributed by atoms with Gasteiger partial charge in [-0.15, -0.1) is 0 Å². The standard InChI is InChI=1S/C11H12N6O4/c12-11(18)8-5-13-3-4-16(8)6-1-2-7(17(19)20)10-9(6)14-21-15-10/h1-2,8,13H,3-5H2,(H2,12,18). The fourth-order valence-corrected chi connectivity index (χ4v) is 2.47. The summed E-state index contributed by atoms with van der Waals surface area (Å²) in [5.41, 5.74) is 6.06. The number of anilines is 1. The molecule has 0 bridgehead atoms. The molecule has 1 amide bonds. The summed E-state index contributed by atoms with van der Waals surface area (Å²) in [6, 6.07) is 2.30. The zero-order valence-corrected chi connectivity index (χ0v) is 10.9. The smallest absolute Gasteiger partial charge is 0.300 e. The second kappa shape index (κ2) is 4.98. The Morgan fingerprint density at radius 2 is 2.24 bits per heavy atom. The Balaban J connectivity index is 2.12. The number of hydrogen-bond acceptors (Lipinski definition) is 8. The van der Waals surface area contributed by atoms with E-state index in [-0.39, 0.29) is 16.7 Å². The number of piperazine rings is 1. The van der Waals surface area contributed by atoms with Crippen LogP contribution in [0.5, 0.6) is 0 Å². The molecular weight excluding hydrogens is 280 g/mol. The number of carbonyl (C=O) groups excluding carboxylic acids is 1. The third-order valence-corrected chi connectivity index (χ3v) is 3.45. The summed E-state index contributed by atoms with van der Waals surface area (Å²) in [6.07, 6.45) is 0. The third kappa shape index (κ3) is 2.14. The SMILES string of the molecule is NC(=O)C1CNCCN1c1ccc([N+](=O)[O-])c2nonc12. The van der Waals surface area contributed by atoms with Gasteiger partial charge in [-0.3, -0.25) is 14.9 Å². The van der Waals surface area contributed by atoms with E-state index < -0.39 is 16.9 Å². The summed E-state index contributed by atoms with van der Waals surface area (Å²) in [7, 11) is 0. The summed E-state index contributed by atoms with van der Waals surface area (Å²) in [6.45, 7) is 1.58. The van der Waals surface area contributed by atoms with Crippen LogP contribution in [-0.4, -0.2) is 46.8 Å². The van der Waals surface area contributed by atoms with Crippen LogP contribution < -0.4 is 16.0 Å². The number of hydrogen-bond donors (Lipinski definition) is 2. The molecule has 3 N–H and O–H groups in total. The Hall–Kier alpha value is -2.75. The Kier molecular flexibility index (Phi) is 3.14. The van der Waals surface area contributed by atoms with Gasteiger partial charge in [0, 0.05) is 25.7 Å². The number of nitrogens with zero attached hydrogens (tertiary/aromatic N) is 4. The number of carbonyl (C=O) groups is 1. The molecule has 2 heterocycles. The first-order valence-electron chi connectivity index (χ1n) is 6.26. The van der Waals surface area contributed by atoms with Gasteiger partial charge in [0.1, 0.15) is 6.04 Å². The van der Waals surface area contributed by atoms with Gasteiger partial charge in [0.05, 0.1) is 10.6 Å². The van der Waals surface area contributed by atoms with Crippen molar-refractivity contribution in [1.29, 1.82) is 0 Å². The zero-order valence-electron chi connectivity index (χ0n) is 10.9. The van der Waals surface area contributed by atoms with E-state index in [0.717, 1.165) is 0 Å². The Morgan fingerprint density at radius 3 is 2.95 bits per heavy atom. The highest BCUT2D eigenvalue weighted by Crippen LogP contribution is 2.32. The Bertz CT molecular complexity index is 714. The number of primary amides is 1. The number of rotatable bonds is 3. The molecule has 1 aromatic heterocycles. The van der Waals surface area contributed by atoms with Crippen LogP contribution in [0.3, 0.4) is 0 Å². The number of fused-ring (bicyclic) bond motifs is 1. The van der Waals surface area contributed by atoms with Crippen molar-refractivity contribution < 1.29 is 14.3 Å². The van der Waals surface area contributed by atoms with Crippen molar-refractivity contribution in [2.45, 2.75) is 6.04 Å². The predicted molar refractivity (Wildman–Crippen MR) is 71.7 cm³/mol. The van der Waals surface area contributed by atoms with Crippen molar-refractivity contribution in [3.63, 3.8) is 0 Å². The molecule has 0 aliphatic carbocycles. The number of non-ortho nitro benzene ring substituents is 1. The molecule has 1 aliphatic heterocycles. The van der Waals surface area contributed by atoms with Crippen molar-refractivity contribution in [2.75, 3.05) is 24.5 Å². The fraction of sp³-hybridized carbons (Fsp3) is 0.364. The first kappa shape index (κ1) is 13.2. The van der Waals surface area contributed by atoms with Gasteiger partial charge in [-0.05, 0) is 16.4 Å². The van der Waals surface area contributed by atoms with Crippen LogP contribution in [0.2, 0.25) is 0 Å². The number of amides is 1. The normalized spacial score (nSPS) is 18.9. The van der Waals surface area contributed by atoms with Crippen LogP contribution in [0.1, 0.15) is 0 Å². The largest absolute Gasteiger partial charge is 0.368 e. The van der Waals surface area contributed by atoms with E-state index in [1.807, 2.05) is 0 Å². The summed E-state index contributed by atoms with van der Waals surface area (Å²) in [4.78, 5) is 23.7. The van der Waals surface area contributed by atoms with Gasteiger partial charge in [0.2, 0.25) is 11.4 Å². The number of nitrogens with one attached hydrogen (secondary N) is 1. The average Bonchev–Trinajstić information content (AvgIpc) is 2.95. The topological polar surface area (TPSA) is 140 Å². The minimum Gasteiger partial charge on any atom is -0.368 e. The van der Waals surface area contributed by atoms with E-state index in [2.05, 4.69) is 20.3 Å². The molecule has 10 heteroatoms. The monoisotopic (exact) mass is 292 g/mol. The zero-order chi connectivity index (χ0) is 15.0. The van der Waals surface area contributed by atoms with Gasteiger partial charge in [-0.25, -0.2) is 4.63 Å². The summed E-state index contributed by atoms with van der Waals surface area (Å²) in [5.74, 6) is -0.481. The molecule has 1 saturated heterocycles. The van der Waals surface area contributed by atoms with Gasteiger partial charge < -0.3 is 16.0 Å². The highest BCUT2D eigenvalue weighted by Gasteiger charge is 2.30. The molecule has 1 unspecified atom stereocenters. The second-order valence-corrected chi connectivity index (χ2v) is 4.64. The second-order valence-electron chi connectivity index (χ2n) is 4.64. The molecule has 0 saturated carbocycles. The van der Waals surface area contributed by atoms with Crippen molar-refractivity contribution in [2.24, 2.45) is 5.73 Å². The highest BCUT2D eigenvalue weighted by atomic mass is 16.6. The first-order valence-corrected chi connectivity index (χ1v) is 6.26. The average molecular weight is 292 g/mol. The van der Waals surface area contributed by atoms with Gasteiger partial charge in [-0.2, -0.15) is 0 Å². The number of nitro benzene ring substituents is 1. The van der Waals surface area contributed by atoms with Gasteiger partial charge in [0.25, 0.3) is 0 Å². The molecule has 1 aromatic carbocycles. The van der Waals surface area contributed by atoms with Crippen LogP contribution >= 0.6 is 0 Å². The lowest BCUT2D eigenvalue weighted by Crippen LogP contribution is -2.57. The molecule has 1 aliphatic rings. The van der Waals surface area contributed by atoms with Crippen molar-refractivity contribution in [3.8, 4) is 0 Å². The van der Waals surface area contributed by atoms with Crippen LogP contribution in [0.15, 0.2) is 16.8 Å². The maximum absolute atomic E-state index is 11.6. The molecule has 0 radical (unpaired) electrons. The summed E-state index contributed by atoms with van der Waals surface area (Å²) in [5, 5.41) is 21.4. The minimum atomic E-state index is -0.556. The van der Waals surface area contributed by atoms with Gasteiger partial charge in [0.15, 0.2) is 5.52 Å². The lowest BCUT2D eigenvalue weighted by atomic mass is 10.1. The van der Waals surface area contributed by atoms with Gasteiger partial charge in [-0.1, -0.05) is 0 Å². The molecule has 110 valence electrons. The number of aromatic nitrogens is 2. The first-order chi connectivity index (χ1) is 10.1. The van der Waals surface area contributed by atoms with Crippen LogP contribution in [0, 0.1) is 10.1 Å².